The van der Waals surface area contributed by atoms with Crippen LogP contribution in [0.15, 0.2) is 18.2 Å². The van der Waals surface area contributed by atoms with E-state index in [2.05, 4.69) is 65.6 Å². The summed E-state index contributed by atoms with van der Waals surface area (Å²) >= 11 is 0. The molecule has 6 heteroatoms. The summed E-state index contributed by atoms with van der Waals surface area (Å²) in [7, 11) is 0. The van der Waals surface area contributed by atoms with E-state index in [-0.39, 0.29) is 46.2 Å². The van der Waals surface area contributed by atoms with Crippen molar-refractivity contribution in [3.8, 4) is 0 Å². The van der Waals surface area contributed by atoms with Crippen molar-refractivity contribution >= 4 is 23.4 Å². The van der Waals surface area contributed by atoms with E-state index >= 15 is 0 Å². The maximum atomic E-state index is 14.6. The average Bonchev–Trinajstić information content (AvgIpc) is 2.96. The van der Waals surface area contributed by atoms with Gasteiger partial charge in [0, 0.05) is 34.8 Å². The SMILES string of the molecule is CC(C)[C@H]1CC[C@@H](C(=O)Nc2cc(C(N)=O)cc(C(=O)N([C@H]3CC[C@@H](C(C)(C)C)CC3)[C@H]3CC[C@@H](C(C)(C)C)CC3)c2)CC1. The van der Waals surface area contributed by atoms with Crippen molar-refractivity contribution in [1.82, 2.24) is 4.90 Å². The molecule has 0 bridgehead atoms. The zero-order valence-corrected chi connectivity index (χ0v) is 29.0. The van der Waals surface area contributed by atoms with Crippen molar-refractivity contribution in [2.45, 2.75) is 145 Å². The molecule has 0 unspecified atom stereocenters. The predicted molar refractivity (Wildman–Crippen MR) is 180 cm³/mol. The summed E-state index contributed by atoms with van der Waals surface area (Å²) in [5.41, 5.74) is 7.51. The van der Waals surface area contributed by atoms with Crippen LogP contribution in [-0.2, 0) is 4.79 Å². The van der Waals surface area contributed by atoms with Gasteiger partial charge in [0.25, 0.3) is 5.91 Å². The number of hydrogen-bond acceptors (Lipinski definition) is 3. The quantitative estimate of drug-likeness (QED) is 0.324. The Kier molecular flexibility index (Phi) is 10.9. The molecule has 0 heterocycles. The number of rotatable bonds is 7. The average molecular weight is 608 g/mol. The van der Waals surface area contributed by atoms with Gasteiger partial charge in [-0.2, -0.15) is 0 Å². The molecule has 0 saturated heterocycles. The van der Waals surface area contributed by atoms with Gasteiger partial charge in [-0.3, -0.25) is 14.4 Å². The first kappa shape index (κ1) is 34.5. The van der Waals surface area contributed by atoms with E-state index in [9.17, 15) is 14.4 Å². The van der Waals surface area contributed by atoms with Crippen molar-refractivity contribution in [3.05, 3.63) is 29.3 Å². The van der Waals surface area contributed by atoms with E-state index in [1.165, 1.54) is 0 Å². The molecular formula is C38H61N3O3. The molecule has 3 saturated carbocycles. The Balaban J connectivity index is 1.58. The second-order valence-electron chi connectivity index (χ2n) is 17.0. The molecule has 6 nitrogen and oxygen atoms in total. The minimum Gasteiger partial charge on any atom is -0.366 e. The Hall–Kier alpha value is -2.37. The molecule has 3 amide bonds. The highest BCUT2D eigenvalue weighted by Gasteiger charge is 2.40. The van der Waals surface area contributed by atoms with Gasteiger partial charge < -0.3 is 16.0 Å². The number of amides is 3. The van der Waals surface area contributed by atoms with Crippen LogP contribution in [0.25, 0.3) is 0 Å². The normalized spacial score (nSPS) is 28.4. The number of nitrogens with zero attached hydrogens (tertiary/aromatic N) is 1. The maximum Gasteiger partial charge on any atom is 0.254 e. The van der Waals surface area contributed by atoms with E-state index in [1.807, 2.05) is 0 Å². The standard InChI is InChI=1S/C38H61N3O3/c1-24(2)25-9-11-26(12-10-25)35(43)40-31-22-27(34(39)42)21-28(23-31)36(44)41(32-17-13-29(14-18-32)37(3,4)5)33-19-15-30(16-20-33)38(6,7)8/h21-26,29-30,32-33H,9-20H2,1-8H3,(H2,39,42)(H,40,43)/t25-,26+,29-,30-,32+,33+. The number of nitrogens with one attached hydrogen (secondary N) is 1. The first-order valence-corrected chi connectivity index (χ1v) is 17.6. The van der Waals surface area contributed by atoms with E-state index in [0.29, 0.717) is 34.9 Å². The van der Waals surface area contributed by atoms with E-state index in [0.717, 1.165) is 77.0 Å². The highest BCUT2D eigenvalue weighted by Crippen LogP contribution is 2.43. The Morgan fingerprint density at radius 1 is 0.705 bits per heavy atom. The van der Waals surface area contributed by atoms with Crippen LogP contribution in [0.1, 0.15) is 153 Å². The molecule has 1 aromatic carbocycles. The molecule has 0 radical (unpaired) electrons. The molecule has 1 aromatic rings. The van der Waals surface area contributed by atoms with Crippen LogP contribution in [0.3, 0.4) is 0 Å². The summed E-state index contributed by atoms with van der Waals surface area (Å²) in [6.45, 7) is 18.5. The highest BCUT2D eigenvalue weighted by atomic mass is 16.2. The summed E-state index contributed by atoms with van der Waals surface area (Å²) in [6, 6.07) is 5.42. The Labute approximate surface area is 267 Å². The van der Waals surface area contributed by atoms with Crippen molar-refractivity contribution in [2.75, 3.05) is 5.32 Å². The molecule has 0 spiro atoms. The van der Waals surface area contributed by atoms with Gasteiger partial charge >= 0.3 is 0 Å². The Bertz CT molecular complexity index is 1120. The third-order valence-corrected chi connectivity index (χ3v) is 11.7. The molecule has 44 heavy (non-hydrogen) atoms. The molecule has 3 aliphatic rings. The summed E-state index contributed by atoms with van der Waals surface area (Å²) in [6.07, 6.45) is 12.4. The number of nitrogens with two attached hydrogens (primary N) is 1. The van der Waals surface area contributed by atoms with Gasteiger partial charge in [-0.25, -0.2) is 0 Å². The predicted octanol–water partition coefficient (Wildman–Crippen LogP) is 8.84. The molecular weight excluding hydrogens is 546 g/mol. The second-order valence-corrected chi connectivity index (χ2v) is 17.0. The summed E-state index contributed by atoms with van der Waals surface area (Å²) in [5.74, 6) is 1.93. The smallest absolute Gasteiger partial charge is 0.254 e. The van der Waals surface area contributed by atoms with Crippen LogP contribution in [0.4, 0.5) is 5.69 Å². The topological polar surface area (TPSA) is 92.5 Å². The molecule has 0 aliphatic heterocycles. The van der Waals surface area contributed by atoms with E-state index in [1.54, 1.807) is 18.2 Å². The molecule has 246 valence electrons. The Morgan fingerprint density at radius 2 is 1.16 bits per heavy atom. The fraction of sp³-hybridized carbons (Fsp3) is 0.763. The zero-order valence-electron chi connectivity index (χ0n) is 29.0. The van der Waals surface area contributed by atoms with E-state index < -0.39 is 5.91 Å². The lowest BCUT2D eigenvalue weighted by molar-refractivity contribution is -0.121. The molecule has 0 aromatic heterocycles. The van der Waals surface area contributed by atoms with Gasteiger partial charge in [0.1, 0.15) is 0 Å². The van der Waals surface area contributed by atoms with Crippen LogP contribution in [-0.4, -0.2) is 34.7 Å². The van der Waals surface area contributed by atoms with Crippen molar-refractivity contribution in [3.63, 3.8) is 0 Å². The fourth-order valence-corrected chi connectivity index (χ4v) is 8.48. The molecule has 3 aliphatic carbocycles. The van der Waals surface area contributed by atoms with Gasteiger partial charge in [0.2, 0.25) is 11.8 Å². The summed E-state index contributed by atoms with van der Waals surface area (Å²) in [5, 5.41) is 3.07. The van der Waals surface area contributed by atoms with Gasteiger partial charge in [-0.15, -0.1) is 0 Å². The number of benzene rings is 1. The number of primary amides is 1. The number of anilines is 1. The zero-order chi connectivity index (χ0) is 32.4. The van der Waals surface area contributed by atoms with Crippen molar-refractivity contribution < 1.29 is 14.4 Å². The van der Waals surface area contributed by atoms with Crippen LogP contribution in [0.2, 0.25) is 0 Å². The largest absolute Gasteiger partial charge is 0.366 e. The Morgan fingerprint density at radius 3 is 1.57 bits per heavy atom. The molecule has 3 N–H and O–H groups in total. The molecule has 3 fully saturated rings. The lowest BCUT2D eigenvalue weighted by atomic mass is 9.69. The van der Waals surface area contributed by atoms with Crippen molar-refractivity contribution in [2.24, 2.45) is 46.2 Å². The second kappa shape index (κ2) is 14.0. The number of carbonyl (C=O) groups is 3. The third kappa shape index (κ3) is 8.46. The number of hydrogen-bond donors (Lipinski definition) is 2. The summed E-state index contributed by atoms with van der Waals surface area (Å²) < 4.78 is 0. The van der Waals surface area contributed by atoms with Gasteiger partial charge in [0.05, 0.1) is 0 Å². The third-order valence-electron chi connectivity index (χ3n) is 11.7. The molecule has 0 atom stereocenters. The fourth-order valence-electron chi connectivity index (χ4n) is 8.48. The number of carbonyl (C=O) groups excluding carboxylic acids is 3. The highest BCUT2D eigenvalue weighted by molar-refractivity contribution is 6.02. The minimum atomic E-state index is -0.587. The van der Waals surface area contributed by atoms with Crippen LogP contribution in [0.5, 0.6) is 0 Å². The monoisotopic (exact) mass is 607 g/mol. The van der Waals surface area contributed by atoms with Crippen LogP contribution >= 0.6 is 0 Å². The van der Waals surface area contributed by atoms with Gasteiger partial charge in [0.15, 0.2) is 0 Å². The van der Waals surface area contributed by atoms with E-state index in [4.69, 9.17) is 5.73 Å². The first-order valence-electron chi connectivity index (χ1n) is 17.6. The molecule has 4 rings (SSSR count). The van der Waals surface area contributed by atoms with Crippen LogP contribution < -0.4 is 11.1 Å². The van der Waals surface area contributed by atoms with Crippen molar-refractivity contribution in [1.29, 1.82) is 0 Å². The van der Waals surface area contributed by atoms with Crippen LogP contribution in [0, 0.1) is 40.4 Å². The van der Waals surface area contributed by atoms with Gasteiger partial charge in [-0.1, -0.05) is 55.4 Å². The lowest BCUT2D eigenvalue weighted by Gasteiger charge is -2.47. The summed E-state index contributed by atoms with van der Waals surface area (Å²) in [4.78, 5) is 42.5. The maximum absolute atomic E-state index is 14.6. The minimum absolute atomic E-state index is 0.0231. The first-order chi connectivity index (χ1) is 20.5. The van der Waals surface area contributed by atoms with Gasteiger partial charge in [-0.05, 0) is 130 Å². The lowest BCUT2D eigenvalue weighted by Crippen LogP contribution is -2.50.